The minimum atomic E-state index is 0.0333. The molecular weight excluding hydrogens is 306 g/mol. The zero-order valence-corrected chi connectivity index (χ0v) is 14.0. The van der Waals surface area contributed by atoms with Crippen LogP contribution in [0.25, 0.3) is 11.0 Å². The van der Waals surface area contributed by atoms with Gasteiger partial charge in [0.25, 0.3) is 0 Å². The average Bonchev–Trinajstić information content (AvgIpc) is 2.94. The molecule has 1 heterocycles. The van der Waals surface area contributed by atoms with Gasteiger partial charge < -0.3 is 10.3 Å². The molecule has 0 radical (unpaired) electrons. The molecule has 3 rings (SSSR count). The lowest BCUT2D eigenvalue weighted by Gasteiger charge is -2.11. The van der Waals surface area contributed by atoms with Gasteiger partial charge in [0.2, 0.25) is 5.91 Å². The highest BCUT2D eigenvalue weighted by Gasteiger charge is 2.08. The third kappa shape index (κ3) is 3.74. The van der Waals surface area contributed by atoms with Crippen molar-refractivity contribution < 1.29 is 4.79 Å². The van der Waals surface area contributed by atoms with E-state index in [-0.39, 0.29) is 5.91 Å². The van der Waals surface area contributed by atoms with E-state index < -0.39 is 0 Å². The monoisotopic (exact) mass is 325 g/mol. The van der Waals surface area contributed by atoms with E-state index in [1.807, 2.05) is 56.3 Å². The van der Waals surface area contributed by atoms with Gasteiger partial charge in [0.05, 0.1) is 11.0 Å². The Morgan fingerprint density at radius 2 is 1.87 bits per heavy atom. The summed E-state index contributed by atoms with van der Waals surface area (Å²) in [6, 6.07) is 13.9. The number of nitrogens with zero attached hydrogens (tertiary/aromatic N) is 1. The van der Waals surface area contributed by atoms with E-state index in [1.54, 1.807) is 11.8 Å². The van der Waals surface area contributed by atoms with Gasteiger partial charge in [-0.15, -0.1) is 0 Å². The second kappa shape index (κ2) is 6.87. The largest absolute Gasteiger partial charge is 0.333 e. The molecule has 1 amide bonds. The molecule has 0 bridgehead atoms. The number of amides is 1. The molecule has 0 spiro atoms. The number of nitrogens with one attached hydrogen (secondary N) is 2. The van der Waals surface area contributed by atoms with Crippen LogP contribution in [-0.4, -0.2) is 21.6 Å². The first kappa shape index (κ1) is 15.6. The molecule has 0 fully saturated rings. The molecule has 118 valence electrons. The van der Waals surface area contributed by atoms with Crippen LogP contribution in [0.3, 0.4) is 0 Å². The lowest BCUT2D eigenvalue weighted by molar-refractivity contribution is -0.115. The number of aryl methyl sites for hydroxylation is 2. The molecule has 0 unspecified atom stereocenters. The van der Waals surface area contributed by atoms with Gasteiger partial charge in [0.15, 0.2) is 5.16 Å². The molecule has 2 N–H and O–H groups in total. The summed E-state index contributed by atoms with van der Waals surface area (Å²) in [4.78, 5) is 19.9. The third-order valence-electron chi connectivity index (χ3n) is 3.68. The van der Waals surface area contributed by atoms with Crippen molar-refractivity contribution in [2.45, 2.75) is 25.4 Å². The fraction of sp³-hybridized carbons (Fsp3) is 0.222. The molecule has 5 heteroatoms. The van der Waals surface area contributed by atoms with Crippen LogP contribution in [0.2, 0.25) is 0 Å². The number of imidazole rings is 1. The van der Waals surface area contributed by atoms with Gasteiger partial charge in [0, 0.05) is 17.9 Å². The van der Waals surface area contributed by atoms with Gasteiger partial charge in [-0.05, 0) is 37.1 Å². The first-order valence-electron chi connectivity index (χ1n) is 7.57. The van der Waals surface area contributed by atoms with Gasteiger partial charge in [-0.25, -0.2) is 4.98 Å². The van der Waals surface area contributed by atoms with Crippen molar-refractivity contribution in [3.05, 3.63) is 53.6 Å². The highest BCUT2D eigenvalue weighted by atomic mass is 32.2. The molecule has 2 aromatic carbocycles. The summed E-state index contributed by atoms with van der Waals surface area (Å²) in [5.74, 6) is 0.724. The third-order valence-corrected chi connectivity index (χ3v) is 4.56. The van der Waals surface area contributed by atoms with Crippen LogP contribution in [-0.2, 0) is 4.79 Å². The van der Waals surface area contributed by atoms with Gasteiger partial charge in [0.1, 0.15) is 0 Å². The highest BCUT2D eigenvalue weighted by Crippen LogP contribution is 2.22. The first-order chi connectivity index (χ1) is 11.1. The zero-order valence-electron chi connectivity index (χ0n) is 13.2. The minimum absolute atomic E-state index is 0.0333. The Bertz CT molecular complexity index is 788. The molecule has 4 nitrogen and oxygen atoms in total. The number of hydrogen-bond acceptors (Lipinski definition) is 3. The van der Waals surface area contributed by atoms with Crippen molar-refractivity contribution >= 4 is 34.4 Å². The summed E-state index contributed by atoms with van der Waals surface area (Å²) in [5.41, 5.74) is 5.07. The van der Waals surface area contributed by atoms with Crippen molar-refractivity contribution in [3.8, 4) is 0 Å². The van der Waals surface area contributed by atoms with Crippen molar-refractivity contribution in [3.63, 3.8) is 0 Å². The number of rotatable bonds is 5. The number of thioether (sulfide) groups is 1. The number of H-pyrrole nitrogens is 1. The fourth-order valence-electron chi connectivity index (χ4n) is 2.45. The predicted octanol–water partition coefficient (Wildman–Crippen LogP) is 4.30. The van der Waals surface area contributed by atoms with Crippen LogP contribution in [0, 0.1) is 13.8 Å². The van der Waals surface area contributed by atoms with Crippen molar-refractivity contribution in [2.24, 2.45) is 0 Å². The number of aromatic nitrogens is 2. The van der Waals surface area contributed by atoms with Gasteiger partial charge in [-0.1, -0.05) is 42.1 Å². The molecule has 0 aliphatic heterocycles. The van der Waals surface area contributed by atoms with E-state index in [9.17, 15) is 4.79 Å². The topological polar surface area (TPSA) is 57.8 Å². The van der Waals surface area contributed by atoms with Crippen molar-refractivity contribution in [1.29, 1.82) is 0 Å². The molecule has 3 aromatic rings. The van der Waals surface area contributed by atoms with E-state index in [0.29, 0.717) is 12.2 Å². The summed E-state index contributed by atoms with van der Waals surface area (Å²) in [6.07, 6.45) is 0.454. The number of aromatic amines is 1. The number of anilines is 1. The minimum Gasteiger partial charge on any atom is -0.333 e. The lowest BCUT2D eigenvalue weighted by atomic mass is 10.1. The number of benzene rings is 2. The smallest absolute Gasteiger partial charge is 0.225 e. The maximum absolute atomic E-state index is 12.1. The van der Waals surface area contributed by atoms with Crippen LogP contribution in [0.15, 0.2) is 47.6 Å². The van der Waals surface area contributed by atoms with E-state index in [4.69, 9.17) is 0 Å². The number of carbonyl (C=O) groups excluding carboxylic acids is 1. The maximum Gasteiger partial charge on any atom is 0.225 e. The Kier molecular flexibility index (Phi) is 4.67. The van der Waals surface area contributed by atoms with Gasteiger partial charge in [-0.3, -0.25) is 4.79 Å². The van der Waals surface area contributed by atoms with E-state index in [0.717, 1.165) is 33.0 Å². The summed E-state index contributed by atoms with van der Waals surface area (Å²) >= 11 is 1.57. The van der Waals surface area contributed by atoms with E-state index in [1.165, 1.54) is 0 Å². The number of hydrogen-bond donors (Lipinski definition) is 2. The SMILES string of the molecule is Cc1cccc(C)c1NC(=O)CCSc1nc2ccccc2[nH]1. The average molecular weight is 325 g/mol. The second-order valence-corrected chi connectivity index (χ2v) is 6.56. The molecular formula is C18H19N3OS. The summed E-state index contributed by atoms with van der Waals surface area (Å²) < 4.78 is 0. The van der Waals surface area contributed by atoms with Crippen LogP contribution >= 0.6 is 11.8 Å². The molecule has 0 aliphatic carbocycles. The molecule has 1 aromatic heterocycles. The van der Waals surface area contributed by atoms with E-state index in [2.05, 4.69) is 15.3 Å². The van der Waals surface area contributed by atoms with Crippen LogP contribution in [0.4, 0.5) is 5.69 Å². The molecule has 0 saturated carbocycles. The Morgan fingerprint density at radius 1 is 1.13 bits per heavy atom. The molecule has 23 heavy (non-hydrogen) atoms. The zero-order chi connectivity index (χ0) is 16.2. The van der Waals surface area contributed by atoms with Gasteiger partial charge >= 0.3 is 0 Å². The summed E-state index contributed by atoms with van der Waals surface area (Å²) in [6.45, 7) is 4.01. The predicted molar refractivity (Wildman–Crippen MR) is 96.0 cm³/mol. The highest BCUT2D eigenvalue weighted by molar-refractivity contribution is 7.99. The van der Waals surface area contributed by atoms with Gasteiger partial charge in [-0.2, -0.15) is 0 Å². The number of fused-ring (bicyclic) bond motifs is 1. The van der Waals surface area contributed by atoms with Crippen LogP contribution in [0.1, 0.15) is 17.5 Å². The van der Waals surface area contributed by atoms with Crippen LogP contribution in [0.5, 0.6) is 0 Å². The number of carbonyl (C=O) groups is 1. The Morgan fingerprint density at radius 3 is 2.61 bits per heavy atom. The van der Waals surface area contributed by atoms with E-state index >= 15 is 0 Å². The normalized spacial score (nSPS) is 10.9. The molecule has 0 saturated heterocycles. The Balaban J connectivity index is 1.55. The molecule has 0 aliphatic rings. The summed E-state index contributed by atoms with van der Waals surface area (Å²) in [7, 11) is 0. The van der Waals surface area contributed by atoms with Crippen LogP contribution < -0.4 is 5.32 Å². The van der Waals surface area contributed by atoms with Crippen molar-refractivity contribution in [2.75, 3.05) is 11.1 Å². The number of para-hydroxylation sites is 3. The second-order valence-electron chi connectivity index (χ2n) is 5.47. The Hall–Kier alpha value is -2.27. The quantitative estimate of drug-likeness (QED) is 0.688. The Labute approximate surface area is 139 Å². The summed E-state index contributed by atoms with van der Waals surface area (Å²) in [5, 5.41) is 3.86. The lowest BCUT2D eigenvalue weighted by Crippen LogP contribution is -2.14. The maximum atomic E-state index is 12.1. The molecule has 0 atom stereocenters. The fourth-order valence-corrected chi connectivity index (χ4v) is 3.28. The standard InChI is InChI=1S/C18H19N3OS/c1-12-6-5-7-13(2)17(12)21-16(22)10-11-23-18-19-14-8-3-4-9-15(14)20-18/h3-9H,10-11H2,1-2H3,(H,19,20)(H,21,22). The first-order valence-corrected chi connectivity index (χ1v) is 8.55. The van der Waals surface area contributed by atoms with Crippen molar-refractivity contribution in [1.82, 2.24) is 9.97 Å².